The molecule has 0 radical (unpaired) electrons. The van der Waals surface area contributed by atoms with Gasteiger partial charge in [-0.25, -0.2) is 0 Å². The zero-order valence-corrected chi connectivity index (χ0v) is 12.0. The van der Waals surface area contributed by atoms with Crippen molar-refractivity contribution >= 4 is 11.0 Å². The Morgan fingerprint density at radius 1 is 1.26 bits per heavy atom. The summed E-state index contributed by atoms with van der Waals surface area (Å²) in [6, 6.07) is 8.41. The van der Waals surface area contributed by atoms with Crippen LogP contribution >= 0.6 is 0 Å². The Kier molecular flexibility index (Phi) is 4.86. The van der Waals surface area contributed by atoms with Crippen molar-refractivity contribution in [1.29, 1.82) is 0 Å². The van der Waals surface area contributed by atoms with Crippen LogP contribution in [0.4, 0.5) is 0 Å². The molecule has 3 heteroatoms. The number of para-hydroxylation sites is 1. The fourth-order valence-electron chi connectivity index (χ4n) is 2.34. The zero-order chi connectivity index (χ0) is 13.7. The number of benzene rings is 1. The van der Waals surface area contributed by atoms with E-state index in [1.165, 1.54) is 0 Å². The molecule has 1 aromatic carbocycles. The second-order valence-electron chi connectivity index (χ2n) is 4.82. The van der Waals surface area contributed by atoms with Gasteiger partial charge in [0, 0.05) is 5.39 Å². The van der Waals surface area contributed by atoms with Gasteiger partial charge in [0.25, 0.3) is 0 Å². The van der Waals surface area contributed by atoms with Crippen LogP contribution in [0.1, 0.15) is 44.9 Å². The molecule has 1 heterocycles. The highest BCUT2D eigenvalue weighted by Crippen LogP contribution is 2.32. The van der Waals surface area contributed by atoms with E-state index >= 15 is 0 Å². The average molecular weight is 261 g/mol. The molecule has 1 aromatic heterocycles. The van der Waals surface area contributed by atoms with Crippen LogP contribution in [0.15, 0.2) is 28.7 Å². The second-order valence-corrected chi connectivity index (χ2v) is 4.82. The Balaban J connectivity index is 2.31. The smallest absolute Gasteiger partial charge is 0.176 e. The summed E-state index contributed by atoms with van der Waals surface area (Å²) in [7, 11) is 1.68. The van der Waals surface area contributed by atoms with Gasteiger partial charge in [-0.05, 0) is 31.5 Å². The number of methoxy groups -OCH3 is 1. The Bertz CT molecular complexity index is 518. The number of fused-ring (bicyclic) bond motifs is 1. The molecule has 104 valence electrons. The number of rotatable bonds is 7. The van der Waals surface area contributed by atoms with Crippen molar-refractivity contribution in [3.63, 3.8) is 0 Å². The molecule has 0 saturated heterocycles. The van der Waals surface area contributed by atoms with Gasteiger partial charge in [0.05, 0.1) is 13.2 Å². The maximum Gasteiger partial charge on any atom is 0.176 e. The number of nitrogens with one attached hydrogen (secondary N) is 1. The Morgan fingerprint density at radius 3 is 2.79 bits per heavy atom. The molecule has 0 aliphatic heterocycles. The van der Waals surface area contributed by atoms with E-state index < -0.39 is 0 Å². The minimum absolute atomic E-state index is 0.294. The first-order valence-electron chi connectivity index (χ1n) is 7.10. The lowest BCUT2D eigenvalue weighted by Crippen LogP contribution is -2.21. The Morgan fingerprint density at radius 2 is 2.11 bits per heavy atom. The largest absolute Gasteiger partial charge is 0.493 e. The summed E-state index contributed by atoms with van der Waals surface area (Å²) in [6.45, 7) is 5.39. The van der Waals surface area contributed by atoms with Gasteiger partial charge in [0.15, 0.2) is 11.3 Å². The summed E-state index contributed by atoms with van der Waals surface area (Å²) in [5.74, 6) is 1.81. The molecule has 2 rings (SSSR count). The van der Waals surface area contributed by atoms with Crippen molar-refractivity contribution in [1.82, 2.24) is 5.32 Å². The van der Waals surface area contributed by atoms with E-state index in [1.807, 2.05) is 12.1 Å². The van der Waals surface area contributed by atoms with Gasteiger partial charge in [-0.1, -0.05) is 32.4 Å². The monoisotopic (exact) mass is 261 g/mol. The van der Waals surface area contributed by atoms with E-state index in [1.54, 1.807) is 7.11 Å². The molecule has 0 amide bonds. The van der Waals surface area contributed by atoms with Crippen LogP contribution in [0.2, 0.25) is 0 Å². The Labute approximate surface area is 114 Å². The molecule has 1 unspecified atom stereocenters. The molecule has 0 aliphatic rings. The molecule has 1 atom stereocenters. The number of hydrogen-bond donors (Lipinski definition) is 1. The number of furan rings is 1. The fraction of sp³-hybridized carbons (Fsp3) is 0.500. The summed E-state index contributed by atoms with van der Waals surface area (Å²) < 4.78 is 11.4. The summed E-state index contributed by atoms with van der Waals surface area (Å²) in [4.78, 5) is 0. The zero-order valence-electron chi connectivity index (χ0n) is 12.0. The highest BCUT2D eigenvalue weighted by Gasteiger charge is 2.16. The molecule has 0 aliphatic carbocycles. The lowest BCUT2D eigenvalue weighted by molar-refractivity contribution is 0.386. The highest BCUT2D eigenvalue weighted by molar-refractivity contribution is 5.83. The molecular formula is C16H23NO2. The van der Waals surface area contributed by atoms with Gasteiger partial charge >= 0.3 is 0 Å². The molecule has 19 heavy (non-hydrogen) atoms. The van der Waals surface area contributed by atoms with Crippen molar-refractivity contribution in [3.05, 3.63) is 30.0 Å². The maximum atomic E-state index is 6.01. The first-order chi connectivity index (χ1) is 9.30. The first kappa shape index (κ1) is 13.9. The summed E-state index contributed by atoms with van der Waals surface area (Å²) >= 11 is 0. The Hall–Kier alpha value is -1.48. The summed E-state index contributed by atoms with van der Waals surface area (Å²) in [5, 5.41) is 4.66. The van der Waals surface area contributed by atoms with Crippen molar-refractivity contribution in [2.24, 2.45) is 0 Å². The molecule has 3 nitrogen and oxygen atoms in total. The second kappa shape index (κ2) is 6.62. The van der Waals surface area contributed by atoms with Crippen LogP contribution in [0.5, 0.6) is 5.75 Å². The van der Waals surface area contributed by atoms with Gasteiger partial charge in [-0.3, -0.25) is 0 Å². The summed E-state index contributed by atoms with van der Waals surface area (Å²) in [6.07, 6.45) is 3.35. The average Bonchev–Trinajstić information content (AvgIpc) is 2.87. The third-order valence-corrected chi connectivity index (χ3v) is 3.31. The number of ether oxygens (including phenoxy) is 1. The summed E-state index contributed by atoms with van der Waals surface area (Å²) in [5.41, 5.74) is 0.847. The SMILES string of the molecule is CCCNC(CCC)c1cc2cccc(OC)c2o1. The maximum absolute atomic E-state index is 6.01. The van der Waals surface area contributed by atoms with E-state index in [0.29, 0.717) is 6.04 Å². The van der Waals surface area contributed by atoms with E-state index in [2.05, 4.69) is 31.3 Å². The number of hydrogen-bond acceptors (Lipinski definition) is 3. The van der Waals surface area contributed by atoms with Gasteiger partial charge in [-0.15, -0.1) is 0 Å². The van der Waals surface area contributed by atoms with Crippen LogP contribution in [0, 0.1) is 0 Å². The topological polar surface area (TPSA) is 34.4 Å². The van der Waals surface area contributed by atoms with Crippen molar-refractivity contribution in [2.75, 3.05) is 13.7 Å². The minimum Gasteiger partial charge on any atom is -0.493 e. The first-order valence-corrected chi connectivity index (χ1v) is 7.10. The lowest BCUT2D eigenvalue weighted by Gasteiger charge is -2.14. The molecular weight excluding hydrogens is 238 g/mol. The standard InChI is InChI=1S/C16H23NO2/c1-4-7-13(17-10-5-2)15-11-12-8-6-9-14(18-3)16(12)19-15/h6,8-9,11,13,17H,4-5,7,10H2,1-3H3. The predicted molar refractivity (Wildman–Crippen MR) is 78.7 cm³/mol. The third-order valence-electron chi connectivity index (χ3n) is 3.31. The molecule has 0 saturated carbocycles. The van der Waals surface area contributed by atoms with Crippen LogP contribution in [0.3, 0.4) is 0 Å². The van der Waals surface area contributed by atoms with Crippen molar-refractivity contribution < 1.29 is 9.15 Å². The van der Waals surface area contributed by atoms with E-state index in [-0.39, 0.29) is 0 Å². The quantitative estimate of drug-likeness (QED) is 0.807. The molecule has 0 spiro atoms. The third kappa shape index (κ3) is 3.10. The normalized spacial score (nSPS) is 12.8. The minimum atomic E-state index is 0.294. The van der Waals surface area contributed by atoms with Crippen LogP contribution in [-0.2, 0) is 0 Å². The fourth-order valence-corrected chi connectivity index (χ4v) is 2.34. The van der Waals surface area contributed by atoms with Crippen molar-refractivity contribution in [2.45, 2.75) is 39.2 Å². The molecule has 0 bridgehead atoms. The highest BCUT2D eigenvalue weighted by atomic mass is 16.5. The lowest BCUT2D eigenvalue weighted by atomic mass is 10.1. The van der Waals surface area contributed by atoms with Gasteiger partial charge in [0.2, 0.25) is 0 Å². The predicted octanol–water partition coefficient (Wildman–Crippen LogP) is 4.28. The molecule has 1 N–H and O–H groups in total. The van der Waals surface area contributed by atoms with E-state index in [9.17, 15) is 0 Å². The van der Waals surface area contributed by atoms with Gasteiger partial charge in [-0.2, -0.15) is 0 Å². The van der Waals surface area contributed by atoms with Crippen LogP contribution < -0.4 is 10.1 Å². The van der Waals surface area contributed by atoms with Crippen molar-refractivity contribution in [3.8, 4) is 5.75 Å². The van der Waals surface area contributed by atoms with E-state index in [0.717, 1.165) is 48.3 Å². The van der Waals surface area contributed by atoms with Crippen LogP contribution in [-0.4, -0.2) is 13.7 Å². The van der Waals surface area contributed by atoms with Gasteiger partial charge in [0.1, 0.15) is 5.76 Å². The van der Waals surface area contributed by atoms with Gasteiger partial charge < -0.3 is 14.5 Å². The molecule has 2 aromatic rings. The van der Waals surface area contributed by atoms with Crippen LogP contribution in [0.25, 0.3) is 11.0 Å². The molecule has 0 fully saturated rings. The van der Waals surface area contributed by atoms with E-state index in [4.69, 9.17) is 9.15 Å².